The summed E-state index contributed by atoms with van der Waals surface area (Å²) >= 11 is 0. The Morgan fingerprint density at radius 2 is 1.83 bits per heavy atom. The molecule has 1 aliphatic heterocycles. The maximum Gasteiger partial charge on any atom is 0.289 e. The topological polar surface area (TPSA) is 61.1 Å². The highest BCUT2D eigenvalue weighted by Gasteiger charge is 2.25. The average Bonchev–Trinajstić information content (AvgIpc) is 3.21. The zero-order chi connectivity index (χ0) is 20.2. The minimum atomic E-state index is -0.238. The van der Waals surface area contributed by atoms with Crippen LogP contribution in [0.15, 0.2) is 65.1 Å². The van der Waals surface area contributed by atoms with Gasteiger partial charge in [0.05, 0.1) is 6.54 Å². The van der Waals surface area contributed by atoms with E-state index in [1.165, 1.54) is 5.56 Å². The highest BCUT2D eigenvalue weighted by Crippen LogP contribution is 2.31. The average molecular weight is 393 g/mol. The van der Waals surface area contributed by atoms with Gasteiger partial charge in [0, 0.05) is 7.05 Å². The van der Waals surface area contributed by atoms with E-state index in [4.69, 9.17) is 18.6 Å². The Kier molecular flexibility index (Phi) is 5.42. The summed E-state index contributed by atoms with van der Waals surface area (Å²) in [6.07, 6.45) is -0.238. The minimum Gasteiger partial charge on any atom is -0.486 e. The predicted molar refractivity (Wildman–Crippen MR) is 108 cm³/mol. The second-order valence-corrected chi connectivity index (χ2v) is 7.05. The molecule has 0 saturated carbocycles. The number of aryl methyl sites for hydroxylation is 1. The minimum absolute atomic E-state index is 0.214. The number of furan rings is 1. The number of ether oxygens (including phenoxy) is 3. The Morgan fingerprint density at radius 3 is 2.62 bits per heavy atom. The molecule has 1 amide bonds. The van der Waals surface area contributed by atoms with Crippen LogP contribution in [0.4, 0.5) is 0 Å². The fraction of sp³-hybridized carbons (Fsp3) is 0.261. The zero-order valence-electron chi connectivity index (χ0n) is 16.5. The number of fused-ring (bicyclic) bond motifs is 1. The van der Waals surface area contributed by atoms with Crippen LogP contribution in [0.2, 0.25) is 0 Å². The van der Waals surface area contributed by atoms with Gasteiger partial charge in [-0.2, -0.15) is 0 Å². The fourth-order valence-corrected chi connectivity index (χ4v) is 3.09. The van der Waals surface area contributed by atoms with E-state index in [9.17, 15) is 4.79 Å². The Morgan fingerprint density at radius 1 is 1.07 bits per heavy atom. The molecular weight excluding hydrogens is 370 g/mol. The van der Waals surface area contributed by atoms with Gasteiger partial charge in [-0.3, -0.25) is 4.79 Å². The van der Waals surface area contributed by atoms with Crippen LogP contribution in [0.3, 0.4) is 0 Å². The van der Waals surface area contributed by atoms with E-state index >= 15 is 0 Å². The number of hydrogen-bond donors (Lipinski definition) is 0. The summed E-state index contributed by atoms with van der Waals surface area (Å²) in [5, 5.41) is 0. The highest BCUT2D eigenvalue weighted by molar-refractivity contribution is 5.91. The van der Waals surface area contributed by atoms with Crippen LogP contribution in [0.1, 0.15) is 21.9 Å². The standard InChI is InChI=1S/C23H23NO5/c1-16-7-9-17(10-8-16)26-14-18-11-12-22(28-18)23(25)24(2)13-19-15-27-20-5-3-4-6-21(20)29-19/h3-12,19H,13-15H2,1-2H3/t19-/m1/s1. The van der Waals surface area contributed by atoms with E-state index in [-0.39, 0.29) is 24.4 Å². The van der Waals surface area contributed by atoms with Crippen LogP contribution in [0.5, 0.6) is 17.2 Å². The zero-order valence-corrected chi connectivity index (χ0v) is 16.5. The lowest BCUT2D eigenvalue weighted by atomic mass is 10.2. The number of carbonyl (C=O) groups excluding carboxylic acids is 1. The SMILES string of the molecule is Cc1ccc(OCc2ccc(C(=O)N(C)C[C@@H]3COc4ccccc4O3)o2)cc1. The van der Waals surface area contributed by atoms with Gasteiger partial charge in [0.15, 0.2) is 23.4 Å². The lowest BCUT2D eigenvalue weighted by Crippen LogP contribution is -2.41. The first kappa shape index (κ1) is 18.9. The first-order valence-electron chi connectivity index (χ1n) is 9.50. The first-order chi connectivity index (χ1) is 14.1. The third-order valence-corrected chi connectivity index (χ3v) is 4.67. The van der Waals surface area contributed by atoms with Crippen molar-refractivity contribution in [1.29, 1.82) is 0 Å². The van der Waals surface area contributed by atoms with Crippen molar-refractivity contribution in [1.82, 2.24) is 4.90 Å². The van der Waals surface area contributed by atoms with Gasteiger partial charge in [0.2, 0.25) is 0 Å². The summed E-state index contributed by atoms with van der Waals surface area (Å²) in [5.74, 6) is 2.82. The number of amides is 1. The Labute approximate surface area is 169 Å². The lowest BCUT2D eigenvalue weighted by molar-refractivity contribution is 0.0499. The summed E-state index contributed by atoms with van der Waals surface area (Å²) in [7, 11) is 1.72. The first-order valence-corrected chi connectivity index (χ1v) is 9.50. The largest absolute Gasteiger partial charge is 0.486 e. The molecule has 0 unspecified atom stereocenters. The number of hydrogen-bond acceptors (Lipinski definition) is 5. The molecule has 150 valence electrons. The van der Waals surface area contributed by atoms with Crippen LogP contribution in [0, 0.1) is 6.92 Å². The molecule has 0 N–H and O–H groups in total. The number of nitrogens with zero attached hydrogens (tertiary/aromatic N) is 1. The monoisotopic (exact) mass is 393 g/mol. The maximum atomic E-state index is 12.7. The summed E-state index contributed by atoms with van der Waals surface area (Å²) in [4.78, 5) is 14.3. The Balaban J connectivity index is 1.32. The fourth-order valence-electron chi connectivity index (χ4n) is 3.09. The molecule has 0 saturated heterocycles. The molecule has 0 radical (unpaired) electrons. The number of benzene rings is 2. The molecule has 3 aromatic rings. The number of rotatable bonds is 6. The van der Waals surface area contributed by atoms with Crippen molar-refractivity contribution in [3.63, 3.8) is 0 Å². The molecule has 0 fully saturated rings. The molecule has 1 atom stereocenters. The van der Waals surface area contributed by atoms with Gasteiger partial charge in [-0.1, -0.05) is 29.8 Å². The van der Waals surface area contributed by atoms with E-state index in [2.05, 4.69) is 0 Å². The van der Waals surface area contributed by atoms with Crippen LogP contribution in [-0.4, -0.2) is 37.1 Å². The van der Waals surface area contributed by atoms with Gasteiger partial charge in [0.25, 0.3) is 5.91 Å². The van der Waals surface area contributed by atoms with Crippen molar-refractivity contribution >= 4 is 5.91 Å². The Hall–Kier alpha value is -3.41. The second kappa shape index (κ2) is 8.31. The molecule has 1 aromatic heterocycles. The molecule has 1 aliphatic rings. The number of para-hydroxylation sites is 2. The molecule has 6 nitrogen and oxygen atoms in total. The van der Waals surface area contributed by atoms with Crippen molar-refractivity contribution in [2.45, 2.75) is 19.6 Å². The number of likely N-dealkylation sites (N-methyl/N-ethyl adjacent to an activating group) is 1. The summed E-state index contributed by atoms with van der Waals surface area (Å²) < 4.78 is 23.0. The van der Waals surface area contributed by atoms with Crippen LogP contribution < -0.4 is 14.2 Å². The van der Waals surface area contributed by atoms with E-state index in [1.807, 2.05) is 55.5 Å². The van der Waals surface area contributed by atoms with Crippen molar-refractivity contribution in [3.05, 3.63) is 77.7 Å². The third-order valence-electron chi connectivity index (χ3n) is 4.67. The van der Waals surface area contributed by atoms with Crippen LogP contribution >= 0.6 is 0 Å². The molecule has 2 aromatic carbocycles. The summed E-state index contributed by atoms with van der Waals surface area (Å²) in [5.41, 5.74) is 1.17. The van der Waals surface area contributed by atoms with E-state index < -0.39 is 0 Å². The van der Waals surface area contributed by atoms with Crippen molar-refractivity contribution < 1.29 is 23.4 Å². The highest BCUT2D eigenvalue weighted by atomic mass is 16.6. The van der Waals surface area contributed by atoms with Gasteiger partial charge >= 0.3 is 0 Å². The smallest absolute Gasteiger partial charge is 0.289 e. The predicted octanol–water partition coefficient (Wildman–Crippen LogP) is 4.08. The van der Waals surface area contributed by atoms with Crippen LogP contribution in [-0.2, 0) is 6.61 Å². The molecular formula is C23H23NO5. The third kappa shape index (κ3) is 4.54. The molecule has 4 rings (SSSR count). The number of carbonyl (C=O) groups is 1. The van der Waals surface area contributed by atoms with Crippen molar-refractivity contribution in [3.8, 4) is 17.2 Å². The van der Waals surface area contributed by atoms with Crippen molar-refractivity contribution in [2.75, 3.05) is 20.2 Å². The molecule has 29 heavy (non-hydrogen) atoms. The van der Waals surface area contributed by atoms with Gasteiger partial charge in [-0.25, -0.2) is 0 Å². The van der Waals surface area contributed by atoms with Crippen LogP contribution in [0.25, 0.3) is 0 Å². The van der Waals surface area contributed by atoms with Crippen molar-refractivity contribution in [2.24, 2.45) is 0 Å². The van der Waals surface area contributed by atoms with Gasteiger partial charge in [-0.15, -0.1) is 0 Å². The normalized spacial score (nSPS) is 15.0. The second-order valence-electron chi connectivity index (χ2n) is 7.05. The van der Waals surface area contributed by atoms with E-state index in [0.717, 1.165) is 11.5 Å². The molecule has 2 heterocycles. The van der Waals surface area contributed by atoms with Gasteiger partial charge in [0.1, 0.15) is 24.7 Å². The lowest BCUT2D eigenvalue weighted by Gasteiger charge is -2.29. The summed E-state index contributed by atoms with van der Waals surface area (Å²) in [6, 6.07) is 18.7. The Bertz CT molecular complexity index is 979. The molecule has 6 heteroatoms. The quantitative estimate of drug-likeness (QED) is 0.632. The molecule has 0 bridgehead atoms. The maximum absolute atomic E-state index is 12.7. The van der Waals surface area contributed by atoms with E-state index in [1.54, 1.807) is 24.1 Å². The molecule has 0 spiro atoms. The molecule has 0 aliphatic carbocycles. The van der Waals surface area contributed by atoms with E-state index in [0.29, 0.717) is 24.7 Å². The van der Waals surface area contributed by atoms with Gasteiger partial charge in [-0.05, 0) is 43.3 Å². The summed E-state index contributed by atoms with van der Waals surface area (Å²) in [6.45, 7) is 3.07. The van der Waals surface area contributed by atoms with Gasteiger partial charge < -0.3 is 23.5 Å².